The molecule has 154 valence electrons. The lowest BCUT2D eigenvalue weighted by atomic mass is 9.91. The number of hydrogen-bond donors (Lipinski definition) is 0. The normalized spacial score (nSPS) is 26.5. The minimum Gasteiger partial charge on any atom is -0.342 e. The van der Waals surface area contributed by atoms with Crippen molar-refractivity contribution < 1.29 is 4.79 Å². The Morgan fingerprint density at radius 3 is 2.04 bits per heavy atom. The molecule has 2 unspecified atom stereocenters. The highest BCUT2D eigenvalue weighted by Crippen LogP contribution is 2.34. The Balaban J connectivity index is 1.38. The third kappa shape index (κ3) is 3.76. The maximum Gasteiger partial charge on any atom is 0.225 e. The average molecular weight is 386 g/mol. The number of anilines is 1. The van der Waals surface area contributed by atoms with Crippen molar-refractivity contribution in [2.24, 2.45) is 5.92 Å². The molecule has 0 aromatic carbocycles. The zero-order valence-electron chi connectivity index (χ0n) is 17.8. The number of carbonyl (C=O) groups is 1. The molecule has 3 saturated heterocycles. The highest BCUT2D eigenvalue weighted by atomic mass is 16.2. The number of rotatable bonds is 4. The molecular weight excluding hydrogens is 350 g/mol. The fourth-order valence-corrected chi connectivity index (χ4v) is 5.16. The van der Waals surface area contributed by atoms with Crippen LogP contribution in [0, 0.1) is 5.92 Å². The number of aromatic nitrogens is 2. The molecular formula is C22H35N5O. The van der Waals surface area contributed by atoms with E-state index in [1.807, 2.05) is 31.1 Å². The van der Waals surface area contributed by atoms with Gasteiger partial charge in [-0.05, 0) is 51.0 Å². The Morgan fingerprint density at radius 1 is 0.964 bits per heavy atom. The second-order valence-electron chi connectivity index (χ2n) is 9.41. The van der Waals surface area contributed by atoms with Crippen molar-refractivity contribution in [3.63, 3.8) is 0 Å². The van der Waals surface area contributed by atoms with E-state index in [0.717, 1.165) is 45.0 Å². The zero-order valence-corrected chi connectivity index (χ0v) is 17.8. The number of fused-ring (bicyclic) bond motifs is 2. The molecule has 4 heterocycles. The van der Waals surface area contributed by atoms with E-state index in [0.29, 0.717) is 24.0 Å². The van der Waals surface area contributed by atoms with Gasteiger partial charge in [-0.25, -0.2) is 9.97 Å². The molecule has 0 radical (unpaired) electrons. The number of likely N-dealkylation sites (tertiary alicyclic amines) is 2. The van der Waals surface area contributed by atoms with Crippen molar-refractivity contribution in [1.82, 2.24) is 19.8 Å². The first-order valence-electron chi connectivity index (χ1n) is 11.1. The minimum atomic E-state index is 0.0886. The van der Waals surface area contributed by atoms with Crippen molar-refractivity contribution >= 4 is 11.9 Å². The van der Waals surface area contributed by atoms with Crippen LogP contribution in [-0.2, 0) is 4.79 Å². The first-order valence-corrected chi connectivity index (χ1v) is 11.1. The van der Waals surface area contributed by atoms with Crippen LogP contribution >= 0.6 is 0 Å². The van der Waals surface area contributed by atoms with Gasteiger partial charge in [0.25, 0.3) is 0 Å². The Hall–Kier alpha value is -1.69. The van der Waals surface area contributed by atoms with E-state index in [-0.39, 0.29) is 11.8 Å². The molecule has 0 aliphatic carbocycles. The molecule has 1 amide bonds. The maximum absolute atomic E-state index is 12.2. The number of piperazine rings is 1. The van der Waals surface area contributed by atoms with Gasteiger partial charge in [-0.2, -0.15) is 0 Å². The minimum absolute atomic E-state index is 0.0886. The van der Waals surface area contributed by atoms with Gasteiger partial charge in [0.05, 0.1) is 0 Å². The highest BCUT2D eigenvalue weighted by molar-refractivity contribution is 5.78. The summed E-state index contributed by atoms with van der Waals surface area (Å²) in [7, 11) is 0. The van der Waals surface area contributed by atoms with Gasteiger partial charge >= 0.3 is 0 Å². The number of carbonyl (C=O) groups excluding carboxylic acids is 1. The third-order valence-electron chi connectivity index (χ3n) is 6.90. The molecule has 4 rings (SSSR count). The Bertz CT molecular complexity index is 667. The van der Waals surface area contributed by atoms with Crippen molar-refractivity contribution in [2.75, 3.05) is 31.1 Å². The SMILES string of the molecule is CC(C)C(=O)N1CCC(c2cnc(N3C4CCC3CN(C(C)C)C4)nc2)CC1. The van der Waals surface area contributed by atoms with Crippen LogP contribution in [0.4, 0.5) is 5.95 Å². The summed E-state index contributed by atoms with van der Waals surface area (Å²) < 4.78 is 0. The number of amides is 1. The van der Waals surface area contributed by atoms with E-state index < -0.39 is 0 Å². The monoisotopic (exact) mass is 385 g/mol. The van der Waals surface area contributed by atoms with Gasteiger partial charge in [0.2, 0.25) is 11.9 Å². The molecule has 1 aromatic heterocycles. The lowest BCUT2D eigenvalue weighted by molar-refractivity contribution is -0.135. The lowest BCUT2D eigenvalue weighted by Crippen LogP contribution is -2.56. The summed E-state index contributed by atoms with van der Waals surface area (Å²) >= 11 is 0. The van der Waals surface area contributed by atoms with Gasteiger partial charge in [0.1, 0.15) is 0 Å². The maximum atomic E-state index is 12.2. The van der Waals surface area contributed by atoms with E-state index in [1.165, 1.54) is 18.4 Å². The van der Waals surface area contributed by atoms with E-state index >= 15 is 0 Å². The van der Waals surface area contributed by atoms with E-state index in [2.05, 4.69) is 23.6 Å². The number of piperidine rings is 1. The predicted molar refractivity (Wildman–Crippen MR) is 111 cm³/mol. The van der Waals surface area contributed by atoms with Crippen molar-refractivity contribution in [3.8, 4) is 0 Å². The topological polar surface area (TPSA) is 52.6 Å². The molecule has 6 nitrogen and oxygen atoms in total. The highest BCUT2D eigenvalue weighted by Gasteiger charge is 2.41. The van der Waals surface area contributed by atoms with Gasteiger partial charge in [0.15, 0.2) is 0 Å². The average Bonchev–Trinajstić information content (AvgIpc) is 2.96. The van der Waals surface area contributed by atoms with Crippen LogP contribution in [0.15, 0.2) is 12.4 Å². The second kappa shape index (κ2) is 7.97. The van der Waals surface area contributed by atoms with Crippen LogP contribution in [0.1, 0.15) is 64.9 Å². The van der Waals surface area contributed by atoms with Crippen molar-refractivity contribution in [1.29, 1.82) is 0 Å². The quantitative estimate of drug-likeness (QED) is 0.798. The van der Waals surface area contributed by atoms with Crippen LogP contribution in [0.3, 0.4) is 0 Å². The first-order chi connectivity index (χ1) is 13.4. The van der Waals surface area contributed by atoms with Gasteiger partial charge in [-0.3, -0.25) is 9.69 Å². The van der Waals surface area contributed by atoms with Gasteiger partial charge in [0, 0.05) is 62.6 Å². The summed E-state index contributed by atoms with van der Waals surface area (Å²) in [6, 6.07) is 1.72. The Labute approximate surface area is 169 Å². The molecule has 28 heavy (non-hydrogen) atoms. The van der Waals surface area contributed by atoms with Crippen molar-refractivity contribution in [3.05, 3.63) is 18.0 Å². The molecule has 3 fully saturated rings. The number of hydrogen-bond acceptors (Lipinski definition) is 5. The molecule has 3 aliphatic rings. The molecule has 1 aromatic rings. The van der Waals surface area contributed by atoms with Crippen LogP contribution in [-0.4, -0.2) is 70.0 Å². The fraction of sp³-hybridized carbons (Fsp3) is 0.773. The fourth-order valence-electron chi connectivity index (χ4n) is 5.16. The summed E-state index contributed by atoms with van der Waals surface area (Å²) in [4.78, 5) is 28.8. The molecule has 2 bridgehead atoms. The zero-order chi connectivity index (χ0) is 19.8. The Kier molecular flexibility index (Phi) is 5.59. The standard InChI is InChI=1S/C22H35N5O/c1-15(2)21(28)25-9-7-17(8-10-25)18-11-23-22(24-12-18)27-19-5-6-20(27)14-26(13-19)16(3)4/h11-12,15-17,19-20H,5-10,13-14H2,1-4H3. The molecule has 2 atom stereocenters. The Morgan fingerprint density at radius 2 is 1.54 bits per heavy atom. The van der Waals surface area contributed by atoms with E-state index in [9.17, 15) is 4.79 Å². The molecule has 3 aliphatic heterocycles. The van der Waals surface area contributed by atoms with Gasteiger partial charge < -0.3 is 9.80 Å². The number of nitrogens with zero attached hydrogens (tertiary/aromatic N) is 5. The summed E-state index contributed by atoms with van der Waals surface area (Å²) in [6.07, 6.45) is 8.62. The largest absolute Gasteiger partial charge is 0.342 e. The third-order valence-corrected chi connectivity index (χ3v) is 6.90. The molecule has 0 saturated carbocycles. The smallest absolute Gasteiger partial charge is 0.225 e. The molecule has 0 spiro atoms. The summed E-state index contributed by atoms with van der Waals surface area (Å²) in [5, 5.41) is 0. The summed E-state index contributed by atoms with van der Waals surface area (Å²) in [6.45, 7) is 12.5. The van der Waals surface area contributed by atoms with Crippen LogP contribution in [0.2, 0.25) is 0 Å². The van der Waals surface area contributed by atoms with Crippen LogP contribution < -0.4 is 4.90 Å². The summed E-state index contributed by atoms with van der Waals surface area (Å²) in [5.74, 6) is 1.75. The van der Waals surface area contributed by atoms with Crippen molar-refractivity contribution in [2.45, 2.75) is 77.4 Å². The van der Waals surface area contributed by atoms with Gasteiger partial charge in [-0.1, -0.05) is 13.8 Å². The first kappa shape index (κ1) is 19.6. The van der Waals surface area contributed by atoms with Crippen LogP contribution in [0.25, 0.3) is 0 Å². The van der Waals surface area contributed by atoms with E-state index in [4.69, 9.17) is 9.97 Å². The van der Waals surface area contributed by atoms with E-state index in [1.54, 1.807) is 0 Å². The molecule has 6 heteroatoms. The predicted octanol–water partition coefficient (Wildman–Crippen LogP) is 2.90. The molecule has 0 N–H and O–H groups in total. The summed E-state index contributed by atoms with van der Waals surface area (Å²) in [5.41, 5.74) is 1.23. The van der Waals surface area contributed by atoms with Gasteiger partial charge in [-0.15, -0.1) is 0 Å². The lowest BCUT2D eigenvalue weighted by Gasteiger charge is -2.42. The second-order valence-corrected chi connectivity index (χ2v) is 9.41. The van der Waals surface area contributed by atoms with Crippen LogP contribution in [0.5, 0.6) is 0 Å².